The Kier molecular flexibility index (Phi) is 5.13. The van der Waals surface area contributed by atoms with Crippen LogP contribution in [0.1, 0.15) is 24.1 Å². The first-order valence-electron chi connectivity index (χ1n) is 6.17. The van der Waals surface area contributed by atoms with Crippen LogP contribution in [-0.4, -0.2) is 11.5 Å². The molecule has 2 rings (SSSR count). The fourth-order valence-corrected chi connectivity index (χ4v) is 2.60. The minimum atomic E-state index is 0.368. The highest BCUT2D eigenvalue weighted by molar-refractivity contribution is 14.1. The van der Waals surface area contributed by atoms with Crippen LogP contribution in [0.5, 0.6) is 0 Å². The Morgan fingerprint density at radius 1 is 1.22 bits per heavy atom. The summed E-state index contributed by atoms with van der Waals surface area (Å²) in [6.45, 7) is 3.12. The van der Waals surface area contributed by atoms with Gasteiger partial charge >= 0.3 is 0 Å². The number of hydrogen-bond acceptors (Lipinski definition) is 2. The summed E-state index contributed by atoms with van der Waals surface area (Å²) < 4.78 is 1.28. The van der Waals surface area contributed by atoms with Crippen molar-refractivity contribution >= 4 is 22.6 Å². The number of benzene rings is 1. The highest BCUT2D eigenvalue weighted by atomic mass is 127. The zero-order valence-corrected chi connectivity index (χ0v) is 12.6. The smallest absolute Gasteiger partial charge is 0.0361 e. The summed E-state index contributed by atoms with van der Waals surface area (Å²) in [5, 5.41) is 3.55. The number of likely N-dealkylation sites (N-methyl/N-ethyl adjacent to an activating group) is 1. The first-order valence-corrected chi connectivity index (χ1v) is 7.25. The van der Waals surface area contributed by atoms with Gasteiger partial charge in [-0.25, -0.2) is 0 Å². The van der Waals surface area contributed by atoms with E-state index in [-0.39, 0.29) is 0 Å². The van der Waals surface area contributed by atoms with Gasteiger partial charge in [-0.15, -0.1) is 0 Å². The fourth-order valence-electron chi connectivity index (χ4n) is 2.03. The van der Waals surface area contributed by atoms with Crippen molar-refractivity contribution in [3.05, 3.63) is 63.5 Å². The molecule has 1 atom stereocenters. The number of halogens is 1. The summed E-state index contributed by atoms with van der Waals surface area (Å²) in [6.07, 6.45) is 4.70. The minimum absolute atomic E-state index is 0.368. The Morgan fingerprint density at radius 2 is 2.00 bits per heavy atom. The SMILES string of the molecule is CCNC(Cc1ccncc1)c1cccc(I)c1. The third kappa shape index (κ3) is 3.78. The molecule has 0 aliphatic rings. The molecule has 18 heavy (non-hydrogen) atoms. The number of pyridine rings is 1. The van der Waals surface area contributed by atoms with Crippen molar-refractivity contribution in [1.29, 1.82) is 0 Å². The molecule has 1 aromatic carbocycles. The van der Waals surface area contributed by atoms with Crippen LogP contribution >= 0.6 is 22.6 Å². The van der Waals surface area contributed by atoms with Gasteiger partial charge in [0.05, 0.1) is 0 Å². The molecular formula is C15H17IN2. The average Bonchev–Trinajstić information content (AvgIpc) is 2.39. The van der Waals surface area contributed by atoms with Crippen molar-refractivity contribution in [2.45, 2.75) is 19.4 Å². The lowest BCUT2D eigenvalue weighted by molar-refractivity contribution is 0.549. The molecule has 1 N–H and O–H groups in total. The van der Waals surface area contributed by atoms with Crippen LogP contribution in [-0.2, 0) is 6.42 Å². The molecule has 1 heterocycles. The van der Waals surface area contributed by atoms with Gasteiger partial charge in [-0.3, -0.25) is 4.98 Å². The molecule has 0 saturated carbocycles. The highest BCUT2D eigenvalue weighted by Gasteiger charge is 2.11. The molecule has 94 valence electrons. The van der Waals surface area contributed by atoms with E-state index in [1.54, 1.807) is 0 Å². The second kappa shape index (κ2) is 6.85. The first-order chi connectivity index (χ1) is 8.79. The van der Waals surface area contributed by atoms with Crippen LogP contribution < -0.4 is 5.32 Å². The van der Waals surface area contributed by atoms with E-state index in [1.807, 2.05) is 12.4 Å². The van der Waals surface area contributed by atoms with Crippen molar-refractivity contribution in [2.24, 2.45) is 0 Å². The van der Waals surface area contributed by atoms with E-state index in [9.17, 15) is 0 Å². The van der Waals surface area contributed by atoms with Crippen molar-refractivity contribution < 1.29 is 0 Å². The Bertz CT molecular complexity index is 485. The second-order valence-electron chi connectivity index (χ2n) is 4.22. The number of nitrogens with zero attached hydrogens (tertiary/aromatic N) is 1. The van der Waals surface area contributed by atoms with Crippen molar-refractivity contribution in [3.8, 4) is 0 Å². The van der Waals surface area contributed by atoms with E-state index >= 15 is 0 Å². The largest absolute Gasteiger partial charge is 0.310 e. The van der Waals surface area contributed by atoms with Gasteiger partial charge in [-0.05, 0) is 70.9 Å². The van der Waals surface area contributed by atoms with Gasteiger partial charge in [-0.1, -0.05) is 19.1 Å². The van der Waals surface area contributed by atoms with Gasteiger partial charge in [0.2, 0.25) is 0 Å². The Hall–Kier alpha value is -0.940. The minimum Gasteiger partial charge on any atom is -0.310 e. The molecule has 0 saturated heterocycles. The zero-order chi connectivity index (χ0) is 12.8. The molecule has 0 spiro atoms. The molecular weight excluding hydrogens is 335 g/mol. The molecule has 2 aromatic rings. The van der Waals surface area contributed by atoms with E-state index in [0.29, 0.717) is 6.04 Å². The lowest BCUT2D eigenvalue weighted by Gasteiger charge is -2.18. The van der Waals surface area contributed by atoms with Gasteiger partial charge in [0, 0.05) is 22.0 Å². The maximum atomic E-state index is 4.06. The topological polar surface area (TPSA) is 24.9 Å². The van der Waals surface area contributed by atoms with Gasteiger partial charge < -0.3 is 5.32 Å². The van der Waals surface area contributed by atoms with Crippen molar-refractivity contribution in [3.63, 3.8) is 0 Å². The zero-order valence-electron chi connectivity index (χ0n) is 10.4. The molecule has 0 aliphatic heterocycles. The van der Waals surface area contributed by atoms with Crippen LogP contribution in [0.3, 0.4) is 0 Å². The summed E-state index contributed by atoms with van der Waals surface area (Å²) in [4.78, 5) is 4.06. The van der Waals surface area contributed by atoms with Crippen molar-refractivity contribution in [1.82, 2.24) is 10.3 Å². The van der Waals surface area contributed by atoms with Gasteiger partial charge in [0.15, 0.2) is 0 Å². The van der Waals surface area contributed by atoms with Crippen LogP contribution in [0.4, 0.5) is 0 Å². The molecule has 0 fully saturated rings. The number of hydrogen-bond donors (Lipinski definition) is 1. The van der Waals surface area contributed by atoms with Gasteiger partial charge in [0.25, 0.3) is 0 Å². The molecule has 1 aromatic heterocycles. The summed E-state index contributed by atoms with van der Waals surface area (Å²) >= 11 is 2.36. The lowest BCUT2D eigenvalue weighted by atomic mass is 9.99. The van der Waals surface area contributed by atoms with Gasteiger partial charge in [0.1, 0.15) is 0 Å². The summed E-state index contributed by atoms with van der Waals surface area (Å²) in [5.74, 6) is 0. The van der Waals surface area contributed by atoms with E-state index in [2.05, 4.69) is 76.2 Å². The summed E-state index contributed by atoms with van der Waals surface area (Å²) in [5.41, 5.74) is 2.66. The predicted octanol–water partition coefficient (Wildman–Crippen LogP) is 3.58. The fraction of sp³-hybridized carbons (Fsp3) is 0.267. The average molecular weight is 352 g/mol. The van der Waals surface area contributed by atoms with E-state index in [1.165, 1.54) is 14.7 Å². The predicted molar refractivity (Wildman–Crippen MR) is 83.5 cm³/mol. The Labute approximate surface area is 122 Å². The lowest BCUT2D eigenvalue weighted by Crippen LogP contribution is -2.23. The number of aromatic nitrogens is 1. The molecule has 3 heteroatoms. The monoisotopic (exact) mass is 352 g/mol. The summed E-state index contributed by atoms with van der Waals surface area (Å²) in [6, 6.07) is 13.2. The quantitative estimate of drug-likeness (QED) is 0.832. The van der Waals surface area contributed by atoms with Crippen LogP contribution in [0.2, 0.25) is 0 Å². The number of nitrogens with one attached hydrogen (secondary N) is 1. The van der Waals surface area contributed by atoms with Crippen LogP contribution in [0.25, 0.3) is 0 Å². The highest BCUT2D eigenvalue weighted by Crippen LogP contribution is 2.20. The maximum absolute atomic E-state index is 4.06. The van der Waals surface area contributed by atoms with Crippen LogP contribution in [0.15, 0.2) is 48.8 Å². The molecule has 0 aliphatic carbocycles. The van der Waals surface area contributed by atoms with E-state index < -0.39 is 0 Å². The Morgan fingerprint density at radius 3 is 2.67 bits per heavy atom. The third-order valence-corrected chi connectivity index (χ3v) is 3.56. The van der Waals surface area contributed by atoms with Gasteiger partial charge in [-0.2, -0.15) is 0 Å². The first kappa shape index (κ1) is 13.5. The molecule has 1 unspecified atom stereocenters. The van der Waals surface area contributed by atoms with E-state index in [4.69, 9.17) is 0 Å². The third-order valence-electron chi connectivity index (χ3n) is 2.89. The number of rotatable bonds is 5. The van der Waals surface area contributed by atoms with Crippen molar-refractivity contribution in [2.75, 3.05) is 6.54 Å². The molecule has 2 nitrogen and oxygen atoms in total. The molecule has 0 bridgehead atoms. The second-order valence-corrected chi connectivity index (χ2v) is 5.47. The molecule has 0 radical (unpaired) electrons. The van der Waals surface area contributed by atoms with E-state index in [0.717, 1.165) is 13.0 Å². The normalized spacial score (nSPS) is 12.3. The maximum Gasteiger partial charge on any atom is 0.0361 e. The molecule has 0 amide bonds. The summed E-state index contributed by atoms with van der Waals surface area (Å²) in [7, 11) is 0. The van der Waals surface area contributed by atoms with Crippen LogP contribution in [0, 0.1) is 3.57 Å². The standard InChI is InChI=1S/C15H17IN2/c1-2-18-15(10-12-6-8-17-9-7-12)13-4-3-5-14(16)11-13/h3-9,11,15,18H,2,10H2,1H3. The Balaban J connectivity index is 2.18.